The molecule has 1 atom stereocenters. The van der Waals surface area contributed by atoms with Gasteiger partial charge in [-0.3, -0.25) is 9.59 Å². The quantitative estimate of drug-likeness (QED) is 0.800. The lowest BCUT2D eigenvalue weighted by molar-refractivity contribution is -0.143. The first-order valence-electron chi connectivity index (χ1n) is 6.56. The number of carbonyl (C=O) groups excluding carboxylic acids is 2. The lowest BCUT2D eigenvalue weighted by Crippen LogP contribution is -2.46. The number of ether oxygens (including phenoxy) is 1. The Balaban J connectivity index is 1.92. The predicted molar refractivity (Wildman–Crippen MR) is 70.2 cm³/mol. The second-order valence-corrected chi connectivity index (χ2v) is 5.04. The summed E-state index contributed by atoms with van der Waals surface area (Å²) in [5.41, 5.74) is 0. The highest BCUT2D eigenvalue weighted by Crippen LogP contribution is 2.19. The number of hydrogen-bond donors (Lipinski definition) is 0. The molecule has 2 heterocycles. The van der Waals surface area contributed by atoms with Crippen LogP contribution in [0.15, 0.2) is 10.6 Å². The SMILES string of the molecule is Cc1cc(OCC(=O)N2CCCC2C(=O)N(C)C)no1. The van der Waals surface area contributed by atoms with Gasteiger partial charge >= 0.3 is 0 Å². The summed E-state index contributed by atoms with van der Waals surface area (Å²) < 4.78 is 10.1. The summed E-state index contributed by atoms with van der Waals surface area (Å²) in [7, 11) is 3.38. The second-order valence-electron chi connectivity index (χ2n) is 5.04. The van der Waals surface area contributed by atoms with Gasteiger partial charge in [-0.2, -0.15) is 0 Å². The minimum absolute atomic E-state index is 0.0480. The average molecular weight is 281 g/mol. The smallest absolute Gasteiger partial charge is 0.261 e. The Morgan fingerprint density at radius 1 is 1.55 bits per heavy atom. The summed E-state index contributed by atoms with van der Waals surface area (Å²) in [6.45, 7) is 2.20. The fourth-order valence-corrected chi connectivity index (χ4v) is 2.25. The third kappa shape index (κ3) is 3.09. The number of likely N-dealkylation sites (tertiary alicyclic amines) is 1. The number of aryl methyl sites for hydroxylation is 1. The lowest BCUT2D eigenvalue weighted by Gasteiger charge is -2.25. The minimum Gasteiger partial charge on any atom is -0.465 e. The topological polar surface area (TPSA) is 75.9 Å². The number of hydrogen-bond acceptors (Lipinski definition) is 5. The highest BCUT2D eigenvalue weighted by molar-refractivity contribution is 5.88. The van der Waals surface area contributed by atoms with Crippen LogP contribution in [0.2, 0.25) is 0 Å². The largest absolute Gasteiger partial charge is 0.465 e. The van der Waals surface area contributed by atoms with E-state index in [0.29, 0.717) is 18.7 Å². The Bertz CT molecular complexity index is 498. The number of likely N-dealkylation sites (N-methyl/N-ethyl adjacent to an activating group) is 1. The summed E-state index contributed by atoms with van der Waals surface area (Å²) in [5, 5.41) is 3.65. The molecular formula is C13H19N3O4. The average Bonchev–Trinajstić information content (AvgIpc) is 3.03. The molecule has 1 aromatic heterocycles. The van der Waals surface area contributed by atoms with Gasteiger partial charge in [0.05, 0.1) is 0 Å². The van der Waals surface area contributed by atoms with Crippen LogP contribution in [0.25, 0.3) is 0 Å². The maximum Gasteiger partial charge on any atom is 0.261 e. The molecule has 1 aromatic rings. The molecule has 1 fully saturated rings. The molecule has 20 heavy (non-hydrogen) atoms. The van der Waals surface area contributed by atoms with Gasteiger partial charge in [0.15, 0.2) is 6.61 Å². The molecule has 2 rings (SSSR count). The number of nitrogens with zero attached hydrogens (tertiary/aromatic N) is 3. The number of aromatic nitrogens is 1. The van der Waals surface area contributed by atoms with Crippen LogP contribution in [-0.4, -0.2) is 60.1 Å². The highest BCUT2D eigenvalue weighted by Gasteiger charge is 2.34. The maximum atomic E-state index is 12.1. The molecule has 0 radical (unpaired) electrons. The van der Waals surface area contributed by atoms with E-state index in [1.54, 1.807) is 32.0 Å². The zero-order chi connectivity index (χ0) is 14.7. The standard InChI is InChI=1S/C13H19N3O4/c1-9-7-11(14-20-9)19-8-12(17)16-6-4-5-10(16)13(18)15(2)3/h7,10H,4-6,8H2,1-3H3. The van der Waals surface area contributed by atoms with E-state index < -0.39 is 0 Å². The summed E-state index contributed by atoms with van der Waals surface area (Å²) in [4.78, 5) is 27.2. The van der Waals surface area contributed by atoms with Gasteiger partial charge in [0.2, 0.25) is 5.91 Å². The zero-order valence-electron chi connectivity index (χ0n) is 12.0. The lowest BCUT2D eigenvalue weighted by atomic mass is 10.2. The zero-order valence-corrected chi connectivity index (χ0v) is 12.0. The van der Waals surface area contributed by atoms with Crippen molar-refractivity contribution in [1.29, 1.82) is 0 Å². The molecule has 1 aliphatic heterocycles. The van der Waals surface area contributed by atoms with Crippen molar-refractivity contribution in [3.63, 3.8) is 0 Å². The Hall–Kier alpha value is -2.05. The third-order valence-electron chi connectivity index (χ3n) is 3.25. The number of amides is 2. The van der Waals surface area contributed by atoms with Crippen LogP contribution in [0.5, 0.6) is 5.88 Å². The molecule has 7 nitrogen and oxygen atoms in total. The Labute approximate surface area is 117 Å². The van der Waals surface area contributed by atoms with Crippen LogP contribution in [0, 0.1) is 6.92 Å². The van der Waals surface area contributed by atoms with Crippen LogP contribution < -0.4 is 4.74 Å². The molecule has 0 bridgehead atoms. The first-order valence-corrected chi connectivity index (χ1v) is 6.56. The number of rotatable bonds is 4. The van der Waals surface area contributed by atoms with Gasteiger partial charge in [0.1, 0.15) is 11.8 Å². The Kier molecular flexibility index (Phi) is 4.26. The molecule has 0 aromatic carbocycles. The van der Waals surface area contributed by atoms with Crippen LogP contribution in [0.4, 0.5) is 0 Å². The van der Waals surface area contributed by atoms with Crippen molar-refractivity contribution in [2.75, 3.05) is 27.2 Å². The van der Waals surface area contributed by atoms with Gasteiger partial charge < -0.3 is 19.1 Å². The predicted octanol–water partition coefficient (Wildman–Crippen LogP) is 0.441. The summed E-state index contributed by atoms with van der Waals surface area (Å²) in [5.74, 6) is 0.649. The molecule has 1 saturated heterocycles. The first-order chi connectivity index (χ1) is 9.49. The summed E-state index contributed by atoms with van der Waals surface area (Å²) in [6.07, 6.45) is 1.53. The fraction of sp³-hybridized carbons (Fsp3) is 0.615. The summed E-state index contributed by atoms with van der Waals surface area (Å²) in [6, 6.07) is 1.24. The molecule has 0 saturated carbocycles. The van der Waals surface area contributed by atoms with Gasteiger partial charge in [-0.25, -0.2) is 0 Å². The van der Waals surface area contributed by atoms with Crippen molar-refractivity contribution in [1.82, 2.24) is 15.0 Å². The molecule has 1 unspecified atom stereocenters. The van der Waals surface area contributed by atoms with Gasteiger partial charge in [-0.1, -0.05) is 0 Å². The van der Waals surface area contributed by atoms with Crippen molar-refractivity contribution < 1.29 is 18.8 Å². The molecule has 0 aliphatic carbocycles. The highest BCUT2D eigenvalue weighted by atomic mass is 16.5. The van der Waals surface area contributed by atoms with Crippen LogP contribution >= 0.6 is 0 Å². The number of carbonyl (C=O) groups is 2. The molecule has 2 amide bonds. The van der Waals surface area contributed by atoms with Gasteiger partial charge in [-0.05, 0) is 24.9 Å². The van der Waals surface area contributed by atoms with Gasteiger partial charge in [-0.15, -0.1) is 0 Å². The molecule has 0 N–H and O–H groups in total. The van der Waals surface area contributed by atoms with E-state index >= 15 is 0 Å². The molecule has 1 aliphatic rings. The van der Waals surface area contributed by atoms with E-state index in [2.05, 4.69) is 5.16 Å². The molecule has 110 valence electrons. The van der Waals surface area contributed by atoms with E-state index in [1.807, 2.05) is 0 Å². The first kappa shape index (κ1) is 14.4. The Morgan fingerprint density at radius 3 is 2.90 bits per heavy atom. The van der Waals surface area contributed by atoms with Crippen molar-refractivity contribution in [3.8, 4) is 5.88 Å². The van der Waals surface area contributed by atoms with E-state index in [-0.39, 0.29) is 30.3 Å². The third-order valence-corrected chi connectivity index (χ3v) is 3.25. The van der Waals surface area contributed by atoms with Gasteiger partial charge in [0.25, 0.3) is 11.8 Å². The Morgan fingerprint density at radius 2 is 2.30 bits per heavy atom. The molecular weight excluding hydrogens is 262 g/mol. The minimum atomic E-state index is -0.375. The summed E-state index contributed by atoms with van der Waals surface area (Å²) >= 11 is 0. The van der Waals surface area contributed by atoms with Crippen molar-refractivity contribution >= 4 is 11.8 Å². The van der Waals surface area contributed by atoms with E-state index in [0.717, 1.165) is 6.42 Å². The fourth-order valence-electron chi connectivity index (χ4n) is 2.25. The van der Waals surface area contributed by atoms with E-state index in [1.165, 1.54) is 4.90 Å². The monoisotopic (exact) mass is 281 g/mol. The van der Waals surface area contributed by atoms with Crippen molar-refractivity contribution in [2.24, 2.45) is 0 Å². The van der Waals surface area contributed by atoms with E-state index in [4.69, 9.17) is 9.26 Å². The second kappa shape index (κ2) is 5.94. The van der Waals surface area contributed by atoms with Crippen LogP contribution in [-0.2, 0) is 9.59 Å². The van der Waals surface area contributed by atoms with Crippen LogP contribution in [0.3, 0.4) is 0 Å². The molecule has 7 heteroatoms. The maximum absolute atomic E-state index is 12.1. The van der Waals surface area contributed by atoms with Crippen molar-refractivity contribution in [2.45, 2.75) is 25.8 Å². The van der Waals surface area contributed by atoms with Gasteiger partial charge in [0, 0.05) is 26.7 Å². The normalized spacial score (nSPS) is 18.1. The van der Waals surface area contributed by atoms with Crippen molar-refractivity contribution in [3.05, 3.63) is 11.8 Å². The van der Waals surface area contributed by atoms with Crippen LogP contribution in [0.1, 0.15) is 18.6 Å². The molecule has 0 spiro atoms. The van der Waals surface area contributed by atoms with E-state index in [9.17, 15) is 9.59 Å².